The Hall–Kier alpha value is -3.98. The van der Waals surface area contributed by atoms with Gasteiger partial charge in [-0.3, -0.25) is 14.4 Å². The number of hydrogen-bond acceptors (Lipinski definition) is 7. The van der Waals surface area contributed by atoms with Crippen molar-refractivity contribution in [3.8, 4) is 0 Å². The minimum Gasteiger partial charge on any atom is -0.467 e. The Morgan fingerprint density at radius 1 is 1.16 bits per heavy atom. The summed E-state index contributed by atoms with van der Waals surface area (Å²) >= 11 is 1.58. The molecule has 4 heterocycles. The van der Waals surface area contributed by atoms with E-state index in [1.165, 1.54) is 4.90 Å². The fourth-order valence-electron chi connectivity index (χ4n) is 5.53. The summed E-state index contributed by atoms with van der Waals surface area (Å²) in [6, 6.07) is 14.4. The Labute approximate surface area is 224 Å². The van der Waals surface area contributed by atoms with Gasteiger partial charge in [0.1, 0.15) is 5.76 Å². The van der Waals surface area contributed by atoms with Gasteiger partial charge in [0.05, 0.1) is 55.9 Å². The van der Waals surface area contributed by atoms with Crippen molar-refractivity contribution in [1.29, 1.82) is 0 Å². The van der Waals surface area contributed by atoms with Gasteiger partial charge in [-0.2, -0.15) is 0 Å². The van der Waals surface area contributed by atoms with E-state index < -0.39 is 0 Å². The molecule has 2 aromatic heterocycles. The van der Waals surface area contributed by atoms with E-state index in [0.29, 0.717) is 35.6 Å². The van der Waals surface area contributed by atoms with E-state index in [0.717, 1.165) is 33.8 Å². The summed E-state index contributed by atoms with van der Waals surface area (Å²) in [4.78, 5) is 50.2. The molecule has 4 aromatic rings. The van der Waals surface area contributed by atoms with Crippen molar-refractivity contribution in [2.45, 2.75) is 32.7 Å². The van der Waals surface area contributed by atoms with Gasteiger partial charge in [-0.25, -0.2) is 9.88 Å². The number of anilines is 2. The lowest BCUT2D eigenvalue weighted by atomic mass is 9.94. The summed E-state index contributed by atoms with van der Waals surface area (Å²) in [5.74, 6) is -0.119. The number of nitrogens with zero attached hydrogens (tertiary/aromatic N) is 4. The van der Waals surface area contributed by atoms with E-state index in [2.05, 4.69) is 9.88 Å². The predicted molar refractivity (Wildman–Crippen MR) is 147 cm³/mol. The van der Waals surface area contributed by atoms with Crippen molar-refractivity contribution in [2.24, 2.45) is 5.92 Å². The zero-order valence-corrected chi connectivity index (χ0v) is 22.3. The molecule has 8 nitrogen and oxygen atoms in total. The van der Waals surface area contributed by atoms with E-state index in [4.69, 9.17) is 4.42 Å². The maximum Gasteiger partial charge on any atom is 0.268 e. The summed E-state index contributed by atoms with van der Waals surface area (Å²) in [7, 11) is 1.80. The van der Waals surface area contributed by atoms with Crippen LogP contribution in [0.3, 0.4) is 0 Å². The van der Waals surface area contributed by atoms with Crippen molar-refractivity contribution in [1.82, 2.24) is 9.88 Å². The van der Waals surface area contributed by atoms with E-state index in [1.54, 1.807) is 47.7 Å². The van der Waals surface area contributed by atoms with Crippen LogP contribution in [-0.2, 0) is 4.79 Å². The Balaban J connectivity index is 1.27. The van der Waals surface area contributed by atoms with Gasteiger partial charge in [0.25, 0.3) is 11.8 Å². The smallest absolute Gasteiger partial charge is 0.268 e. The van der Waals surface area contributed by atoms with Gasteiger partial charge in [-0.1, -0.05) is 6.07 Å². The minimum atomic E-state index is -0.344. The quantitative estimate of drug-likeness (QED) is 0.321. The number of carbonyl (C=O) groups is 3. The van der Waals surface area contributed by atoms with Crippen molar-refractivity contribution in [3.63, 3.8) is 0 Å². The molecule has 38 heavy (non-hydrogen) atoms. The molecule has 2 aliphatic heterocycles. The number of aromatic nitrogens is 1. The highest BCUT2D eigenvalue weighted by molar-refractivity contribution is 7.18. The molecule has 2 unspecified atom stereocenters. The Morgan fingerprint density at radius 3 is 2.79 bits per heavy atom. The molecule has 194 valence electrons. The van der Waals surface area contributed by atoms with Gasteiger partial charge < -0.3 is 14.2 Å². The standard InChI is InChI=1S/C29H28N4O4S/c1-17(24-10-6-14-37-24)31(3)27(34)19-7-5-13-32(16-19)23-9-4-8-21-26(23)29(36)33(28(21)35)20-11-12-25-22(15-20)30-18(2)38-25/h4,6,8-12,14-15,17,19H,5,7,13,16H2,1-3H3. The summed E-state index contributed by atoms with van der Waals surface area (Å²) in [5.41, 5.74) is 2.77. The molecule has 0 spiro atoms. The van der Waals surface area contributed by atoms with Gasteiger partial charge in [0, 0.05) is 20.1 Å². The Kier molecular flexibility index (Phi) is 6.03. The number of imide groups is 1. The van der Waals surface area contributed by atoms with E-state index in [9.17, 15) is 14.4 Å². The fraction of sp³-hybridized carbons (Fsp3) is 0.310. The number of rotatable bonds is 5. The average Bonchev–Trinajstić information content (AvgIpc) is 3.65. The van der Waals surface area contributed by atoms with Crippen LogP contribution in [0.25, 0.3) is 10.2 Å². The van der Waals surface area contributed by atoms with Crippen LogP contribution in [0.5, 0.6) is 0 Å². The summed E-state index contributed by atoms with van der Waals surface area (Å²) in [6.45, 7) is 5.08. The number of piperidine rings is 1. The normalized spacial score (nSPS) is 18.2. The van der Waals surface area contributed by atoms with Gasteiger partial charge >= 0.3 is 0 Å². The molecule has 3 amide bonds. The second kappa shape index (κ2) is 9.40. The van der Waals surface area contributed by atoms with Crippen molar-refractivity contribution in [3.05, 3.63) is 76.7 Å². The molecule has 0 N–H and O–H groups in total. The third kappa shape index (κ3) is 3.98. The lowest BCUT2D eigenvalue weighted by Gasteiger charge is -2.37. The number of carbonyl (C=O) groups excluding carboxylic acids is 3. The molecule has 0 aliphatic carbocycles. The summed E-state index contributed by atoms with van der Waals surface area (Å²) in [6.07, 6.45) is 3.19. The van der Waals surface area contributed by atoms with Crippen LogP contribution >= 0.6 is 11.3 Å². The second-order valence-electron chi connectivity index (χ2n) is 9.96. The van der Waals surface area contributed by atoms with Gasteiger partial charge in [0.2, 0.25) is 5.91 Å². The molecule has 2 atom stereocenters. The second-order valence-corrected chi connectivity index (χ2v) is 11.2. The lowest BCUT2D eigenvalue weighted by Crippen LogP contribution is -2.44. The van der Waals surface area contributed by atoms with Crippen LogP contribution in [0, 0.1) is 12.8 Å². The summed E-state index contributed by atoms with van der Waals surface area (Å²) in [5, 5.41) is 0.931. The first-order chi connectivity index (χ1) is 18.3. The topological polar surface area (TPSA) is 87.0 Å². The SMILES string of the molecule is Cc1nc2cc(N3C(=O)c4cccc(N5CCCC(C(=O)N(C)C(C)c6ccco6)C5)c4C3=O)ccc2s1. The zero-order valence-electron chi connectivity index (χ0n) is 21.5. The molecule has 0 radical (unpaired) electrons. The zero-order chi connectivity index (χ0) is 26.6. The first-order valence-electron chi connectivity index (χ1n) is 12.8. The van der Waals surface area contributed by atoms with Gasteiger partial charge in [-0.05, 0) is 69.2 Å². The number of amides is 3. The first kappa shape index (κ1) is 24.4. The summed E-state index contributed by atoms with van der Waals surface area (Å²) < 4.78 is 6.52. The van der Waals surface area contributed by atoms with Crippen molar-refractivity contribution < 1.29 is 18.8 Å². The molecule has 2 aliphatic rings. The maximum atomic E-state index is 13.7. The van der Waals surface area contributed by atoms with Gasteiger partial charge in [0.15, 0.2) is 0 Å². The molecule has 1 fully saturated rings. The number of hydrogen-bond donors (Lipinski definition) is 0. The highest BCUT2D eigenvalue weighted by Gasteiger charge is 2.41. The molecule has 1 saturated heterocycles. The largest absolute Gasteiger partial charge is 0.467 e. The molecular weight excluding hydrogens is 500 g/mol. The van der Waals surface area contributed by atoms with Crippen molar-refractivity contribution in [2.75, 3.05) is 29.9 Å². The lowest BCUT2D eigenvalue weighted by molar-refractivity contribution is -0.136. The molecule has 6 rings (SSSR count). The number of benzene rings is 2. The number of furan rings is 1. The van der Waals surface area contributed by atoms with E-state index >= 15 is 0 Å². The Bertz CT molecular complexity index is 1560. The van der Waals surface area contributed by atoms with Gasteiger partial charge in [-0.15, -0.1) is 11.3 Å². The Morgan fingerprint density at radius 2 is 2.00 bits per heavy atom. The van der Waals surface area contributed by atoms with E-state index in [-0.39, 0.29) is 29.7 Å². The van der Waals surface area contributed by atoms with Crippen LogP contribution in [0.15, 0.2) is 59.2 Å². The molecule has 0 bridgehead atoms. The minimum absolute atomic E-state index is 0.0436. The third-order valence-corrected chi connectivity index (χ3v) is 8.58. The molecule has 0 saturated carbocycles. The van der Waals surface area contributed by atoms with Crippen LogP contribution in [0.2, 0.25) is 0 Å². The predicted octanol–water partition coefficient (Wildman–Crippen LogP) is 5.43. The maximum absolute atomic E-state index is 13.7. The monoisotopic (exact) mass is 528 g/mol. The van der Waals surface area contributed by atoms with Crippen LogP contribution in [0.4, 0.5) is 11.4 Å². The highest BCUT2D eigenvalue weighted by atomic mass is 32.1. The van der Waals surface area contributed by atoms with E-state index in [1.807, 2.05) is 44.2 Å². The first-order valence-corrected chi connectivity index (χ1v) is 13.6. The third-order valence-electron chi connectivity index (χ3n) is 7.62. The molecule has 9 heteroatoms. The molecule has 2 aromatic carbocycles. The van der Waals surface area contributed by atoms with Crippen LogP contribution in [-0.4, -0.2) is 47.7 Å². The fourth-order valence-corrected chi connectivity index (χ4v) is 6.34. The number of aryl methyl sites for hydroxylation is 1. The van der Waals surface area contributed by atoms with Crippen LogP contribution in [0.1, 0.15) is 57.3 Å². The number of fused-ring (bicyclic) bond motifs is 2. The average molecular weight is 529 g/mol. The number of thiazole rings is 1. The van der Waals surface area contributed by atoms with Crippen LogP contribution < -0.4 is 9.80 Å². The molecular formula is C29H28N4O4S. The highest BCUT2D eigenvalue weighted by Crippen LogP contribution is 2.38. The van der Waals surface area contributed by atoms with Crippen molar-refractivity contribution >= 4 is 50.6 Å².